The number of nitrogens with zero attached hydrogens (tertiary/aromatic N) is 7. The lowest BCUT2D eigenvalue weighted by atomic mass is 10.2. The van der Waals surface area contributed by atoms with Crippen LogP contribution in [0.15, 0.2) is 36.7 Å². The van der Waals surface area contributed by atoms with Crippen LogP contribution in [0, 0.1) is 0 Å². The Morgan fingerprint density at radius 2 is 2.09 bits per heavy atom. The maximum Gasteiger partial charge on any atom is 0.266 e. The van der Waals surface area contributed by atoms with Crippen molar-refractivity contribution in [1.82, 2.24) is 34.3 Å². The summed E-state index contributed by atoms with van der Waals surface area (Å²) in [6.45, 7) is 0.644. The number of rotatable bonds is 6. The van der Waals surface area contributed by atoms with Gasteiger partial charge >= 0.3 is 0 Å². The summed E-state index contributed by atoms with van der Waals surface area (Å²) in [5.74, 6) is 0.964. The number of fused-ring (bicyclic) bond motifs is 1. The molecule has 5 rings (SSSR count). The summed E-state index contributed by atoms with van der Waals surface area (Å²) < 4.78 is 3.38. The molecule has 2 amide bonds. The van der Waals surface area contributed by atoms with Crippen molar-refractivity contribution < 1.29 is 9.59 Å². The molecule has 13 nitrogen and oxygen atoms in total. The second kappa shape index (κ2) is 7.68. The molecule has 0 spiro atoms. The second-order valence-corrected chi connectivity index (χ2v) is 7.46. The molecule has 0 radical (unpaired) electrons. The van der Waals surface area contributed by atoms with E-state index in [-0.39, 0.29) is 11.6 Å². The van der Waals surface area contributed by atoms with Gasteiger partial charge in [0.1, 0.15) is 17.4 Å². The van der Waals surface area contributed by atoms with Gasteiger partial charge in [-0.05, 0) is 25.0 Å². The van der Waals surface area contributed by atoms with Crippen LogP contribution in [0.25, 0.3) is 5.65 Å². The number of primary amides is 1. The van der Waals surface area contributed by atoms with Gasteiger partial charge in [-0.1, -0.05) is 0 Å². The van der Waals surface area contributed by atoms with E-state index < -0.39 is 11.9 Å². The van der Waals surface area contributed by atoms with Gasteiger partial charge in [-0.25, -0.2) is 0 Å². The molecule has 32 heavy (non-hydrogen) atoms. The van der Waals surface area contributed by atoms with Crippen LogP contribution in [0.2, 0.25) is 0 Å². The van der Waals surface area contributed by atoms with Crippen molar-refractivity contribution in [2.45, 2.75) is 18.9 Å². The van der Waals surface area contributed by atoms with Crippen LogP contribution in [0.3, 0.4) is 0 Å². The van der Waals surface area contributed by atoms with Gasteiger partial charge in [-0.2, -0.15) is 20.2 Å². The first kappa shape index (κ1) is 19.5. The number of nitrogens with two attached hydrogens (primary N) is 1. The summed E-state index contributed by atoms with van der Waals surface area (Å²) in [5.41, 5.74) is 6.11. The molecule has 1 aliphatic heterocycles. The third-order valence-electron chi connectivity index (χ3n) is 5.24. The first-order valence-electron chi connectivity index (χ1n) is 10.0. The Labute approximate surface area is 181 Å². The lowest BCUT2D eigenvalue weighted by Gasteiger charge is -2.24. The molecule has 1 saturated heterocycles. The van der Waals surface area contributed by atoms with Gasteiger partial charge in [0, 0.05) is 38.1 Å². The Morgan fingerprint density at radius 3 is 2.84 bits per heavy atom. The van der Waals surface area contributed by atoms with Crippen LogP contribution in [-0.4, -0.2) is 58.7 Å². The van der Waals surface area contributed by atoms with E-state index in [4.69, 9.17) is 5.73 Å². The monoisotopic (exact) mass is 435 g/mol. The van der Waals surface area contributed by atoms with Crippen molar-refractivity contribution in [2.24, 2.45) is 12.8 Å². The van der Waals surface area contributed by atoms with Crippen LogP contribution in [0.4, 0.5) is 23.5 Å². The Kier molecular flexibility index (Phi) is 4.69. The average Bonchev–Trinajstić information content (AvgIpc) is 3.54. The van der Waals surface area contributed by atoms with Crippen molar-refractivity contribution in [3.05, 3.63) is 42.4 Å². The minimum absolute atomic E-state index is 0.159. The number of hydrogen-bond acceptors (Lipinski definition) is 8. The molecular formula is C19H21N11O2. The number of H-pyrrole nitrogens is 1. The third kappa shape index (κ3) is 3.59. The standard InChI is InChI=1S/C19H21N11O2/c1-28-9-6-13(27-28)21-17(32)12-4-2-7-29(12)19-23-15-5-3-8-30(15)18(24-19)22-14-10-11(16(20)31)25-26-14/h3,5-6,8-10,12H,2,4,7H2,1H3,(H2,20,31)(H,21,27,32)(H2,22,23,24,25,26). The fraction of sp³-hybridized carbons (Fsp3) is 0.263. The number of aromatic nitrogens is 7. The number of hydrogen-bond donors (Lipinski definition) is 4. The zero-order chi connectivity index (χ0) is 22.2. The highest BCUT2D eigenvalue weighted by atomic mass is 16.2. The topological polar surface area (TPSA) is 164 Å². The van der Waals surface area contributed by atoms with Crippen LogP contribution in [0.1, 0.15) is 23.3 Å². The van der Waals surface area contributed by atoms with E-state index in [0.717, 1.165) is 6.42 Å². The van der Waals surface area contributed by atoms with E-state index in [9.17, 15) is 9.59 Å². The predicted octanol–water partition coefficient (Wildman–Crippen LogP) is 0.636. The maximum absolute atomic E-state index is 12.9. The number of amides is 2. The summed E-state index contributed by atoms with van der Waals surface area (Å²) in [7, 11) is 1.79. The van der Waals surface area contributed by atoms with Crippen LogP contribution in [-0.2, 0) is 11.8 Å². The summed E-state index contributed by atoms with van der Waals surface area (Å²) in [6, 6.07) is 6.50. The molecule has 0 aliphatic carbocycles. The van der Waals surface area contributed by atoms with Crippen molar-refractivity contribution in [3.8, 4) is 0 Å². The van der Waals surface area contributed by atoms with Gasteiger partial charge in [-0.3, -0.25) is 23.8 Å². The smallest absolute Gasteiger partial charge is 0.266 e. The summed E-state index contributed by atoms with van der Waals surface area (Å²) >= 11 is 0. The highest BCUT2D eigenvalue weighted by Crippen LogP contribution is 2.26. The van der Waals surface area contributed by atoms with Gasteiger partial charge in [-0.15, -0.1) is 0 Å². The van der Waals surface area contributed by atoms with Crippen molar-refractivity contribution in [1.29, 1.82) is 0 Å². The molecule has 1 fully saturated rings. The highest BCUT2D eigenvalue weighted by Gasteiger charge is 2.33. The zero-order valence-electron chi connectivity index (χ0n) is 17.2. The fourth-order valence-corrected chi connectivity index (χ4v) is 3.73. The van der Waals surface area contributed by atoms with Crippen LogP contribution in [0.5, 0.6) is 0 Å². The quantitative estimate of drug-likeness (QED) is 0.342. The Bertz CT molecular complexity index is 1300. The number of carbonyl (C=O) groups excluding carboxylic acids is 2. The van der Waals surface area contributed by atoms with E-state index in [1.165, 1.54) is 6.07 Å². The van der Waals surface area contributed by atoms with Gasteiger partial charge in [0.15, 0.2) is 11.6 Å². The summed E-state index contributed by atoms with van der Waals surface area (Å²) in [4.78, 5) is 35.4. The fourth-order valence-electron chi connectivity index (χ4n) is 3.73. The maximum atomic E-state index is 12.9. The van der Waals surface area contributed by atoms with Crippen LogP contribution >= 0.6 is 0 Å². The number of nitrogens with one attached hydrogen (secondary N) is 3. The lowest BCUT2D eigenvalue weighted by Crippen LogP contribution is -2.40. The molecular weight excluding hydrogens is 414 g/mol. The second-order valence-electron chi connectivity index (χ2n) is 7.46. The Balaban J connectivity index is 1.44. The number of anilines is 4. The van der Waals surface area contributed by atoms with E-state index in [1.54, 1.807) is 34.6 Å². The molecule has 4 aromatic heterocycles. The molecule has 0 aromatic carbocycles. The van der Waals surface area contributed by atoms with E-state index in [0.29, 0.717) is 42.1 Å². The summed E-state index contributed by atoms with van der Waals surface area (Å²) in [6.07, 6.45) is 5.08. The highest BCUT2D eigenvalue weighted by molar-refractivity contribution is 5.96. The number of aromatic amines is 1. The van der Waals surface area contributed by atoms with Gasteiger partial charge in [0.05, 0.1) is 0 Å². The first-order chi connectivity index (χ1) is 15.5. The molecule has 0 bridgehead atoms. The molecule has 164 valence electrons. The van der Waals surface area contributed by atoms with Gasteiger partial charge < -0.3 is 21.3 Å². The molecule has 5 heterocycles. The summed E-state index contributed by atoms with van der Waals surface area (Å²) in [5, 5.41) is 16.8. The van der Waals surface area contributed by atoms with Gasteiger partial charge in [0.2, 0.25) is 17.8 Å². The SMILES string of the molecule is Cn1ccc(NC(=O)C2CCCN2c2nc(Nc3cc(C(N)=O)[nH]n3)n3cccc3n2)n1. The third-order valence-corrected chi connectivity index (χ3v) is 5.24. The van der Waals surface area contributed by atoms with Crippen molar-refractivity contribution >= 4 is 41.0 Å². The van der Waals surface area contributed by atoms with E-state index in [1.807, 2.05) is 17.0 Å². The number of carbonyl (C=O) groups is 2. The molecule has 4 aromatic rings. The zero-order valence-corrected chi connectivity index (χ0v) is 17.2. The first-order valence-corrected chi connectivity index (χ1v) is 10.0. The lowest BCUT2D eigenvalue weighted by molar-refractivity contribution is -0.117. The van der Waals surface area contributed by atoms with Gasteiger partial charge in [0.25, 0.3) is 5.91 Å². The minimum Gasteiger partial charge on any atom is -0.364 e. The molecule has 5 N–H and O–H groups in total. The van der Waals surface area contributed by atoms with E-state index in [2.05, 4.69) is 35.9 Å². The molecule has 13 heteroatoms. The minimum atomic E-state index is -0.612. The molecule has 1 unspecified atom stereocenters. The number of aryl methyl sites for hydroxylation is 1. The van der Waals surface area contributed by atoms with Crippen molar-refractivity contribution in [3.63, 3.8) is 0 Å². The molecule has 0 saturated carbocycles. The van der Waals surface area contributed by atoms with Crippen molar-refractivity contribution in [2.75, 3.05) is 22.1 Å². The average molecular weight is 435 g/mol. The molecule has 1 atom stereocenters. The van der Waals surface area contributed by atoms with Crippen LogP contribution < -0.4 is 21.3 Å². The Hall–Kier alpha value is -4.42. The Morgan fingerprint density at radius 1 is 1.22 bits per heavy atom. The largest absolute Gasteiger partial charge is 0.364 e. The van der Waals surface area contributed by atoms with E-state index >= 15 is 0 Å². The molecule has 1 aliphatic rings. The normalized spacial score (nSPS) is 15.9. The predicted molar refractivity (Wildman–Crippen MR) is 116 cm³/mol.